The maximum absolute atomic E-state index is 14.9. The van der Waals surface area contributed by atoms with Gasteiger partial charge in [0.1, 0.15) is 12.0 Å². The summed E-state index contributed by atoms with van der Waals surface area (Å²) in [5.74, 6) is 1.15. The van der Waals surface area contributed by atoms with E-state index in [2.05, 4.69) is 27.2 Å². The van der Waals surface area contributed by atoms with Crippen molar-refractivity contribution in [1.82, 2.24) is 24.6 Å². The summed E-state index contributed by atoms with van der Waals surface area (Å²) in [6.45, 7) is 4.63. The van der Waals surface area contributed by atoms with Gasteiger partial charge in [0.25, 0.3) is 0 Å². The monoisotopic (exact) mass is 440 g/mol. The Morgan fingerprint density at radius 3 is 2.62 bits per heavy atom. The Morgan fingerprint density at radius 1 is 1.09 bits per heavy atom. The van der Waals surface area contributed by atoms with E-state index in [4.69, 9.17) is 4.74 Å². The van der Waals surface area contributed by atoms with Gasteiger partial charge in [-0.05, 0) is 56.6 Å². The summed E-state index contributed by atoms with van der Waals surface area (Å²) in [7, 11) is 3.50. The smallest absolute Gasteiger partial charge is 0.320 e. The minimum absolute atomic E-state index is 0.125. The molecule has 170 valence electrons. The third kappa shape index (κ3) is 3.80. The molecule has 8 nitrogen and oxygen atoms in total. The molecule has 0 aliphatic carbocycles. The van der Waals surface area contributed by atoms with E-state index >= 15 is 0 Å². The maximum atomic E-state index is 14.9. The number of fused-ring (bicyclic) bond motifs is 1. The number of likely N-dealkylation sites (tertiary alicyclic amines) is 1. The summed E-state index contributed by atoms with van der Waals surface area (Å²) in [5.41, 5.74) is 3.00. The molecule has 2 fully saturated rings. The van der Waals surface area contributed by atoms with Gasteiger partial charge in [-0.25, -0.2) is 9.07 Å². The van der Waals surface area contributed by atoms with Crippen LogP contribution < -0.4 is 9.64 Å². The number of anilines is 1. The summed E-state index contributed by atoms with van der Waals surface area (Å²) in [6.07, 6.45) is 2.05. The molecule has 0 radical (unpaired) electrons. The Hall–Kier alpha value is -2.78. The predicted molar refractivity (Wildman–Crippen MR) is 121 cm³/mol. The molecular formula is C23H29FN6O2. The molecule has 3 aromatic rings. The number of ether oxygens (including phenoxy) is 1. The van der Waals surface area contributed by atoms with Crippen LogP contribution in [0.15, 0.2) is 24.4 Å². The second-order valence-electron chi connectivity index (χ2n) is 8.96. The van der Waals surface area contributed by atoms with Crippen LogP contribution in [0.3, 0.4) is 0 Å². The number of alkyl halides is 1. The minimum Gasteiger partial charge on any atom is -0.467 e. The molecule has 9 heteroatoms. The van der Waals surface area contributed by atoms with Crippen molar-refractivity contribution in [3.63, 3.8) is 0 Å². The number of aliphatic hydroxyl groups is 1. The molecule has 0 spiro atoms. The quantitative estimate of drug-likeness (QED) is 0.668. The number of hydrogen-bond donors (Lipinski definition) is 1. The molecule has 32 heavy (non-hydrogen) atoms. The minimum atomic E-state index is -0.895. The predicted octanol–water partition coefficient (Wildman–Crippen LogP) is 2.46. The zero-order valence-electron chi connectivity index (χ0n) is 18.7. The lowest BCUT2D eigenvalue weighted by atomic mass is 9.85. The van der Waals surface area contributed by atoms with Crippen LogP contribution in [-0.4, -0.2) is 82.4 Å². The highest BCUT2D eigenvalue weighted by atomic mass is 19.1. The SMILES string of the molecule is COc1nc(N2CCC(O)C2)cc(-n2ncc3cc(C)c(C4CCN(C)CC4F)cc32)n1. The van der Waals surface area contributed by atoms with Crippen molar-refractivity contribution in [2.75, 3.05) is 45.2 Å². The third-order valence-electron chi connectivity index (χ3n) is 6.67. The second kappa shape index (κ2) is 8.29. The van der Waals surface area contributed by atoms with E-state index in [1.807, 2.05) is 36.0 Å². The number of rotatable bonds is 4. The average molecular weight is 441 g/mol. The van der Waals surface area contributed by atoms with Crippen molar-refractivity contribution >= 4 is 16.7 Å². The van der Waals surface area contributed by atoms with Crippen molar-refractivity contribution < 1.29 is 14.2 Å². The van der Waals surface area contributed by atoms with E-state index in [9.17, 15) is 9.50 Å². The molecule has 2 aliphatic heterocycles. The molecule has 3 unspecified atom stereocenters. The highest BCUT2D eigenvalue weighted by Crippen LogP contribution is 2.35. The van der Waals surface area contributed by atoms with Crippen LogP contribution in [0.1, 0.15) is 29.9 Å². The van der Waals surface area contributed by atoms with Crippen LogP contribution in [0.25, 0.3) is 16.7 Å². The fourth-order valence-corrected chi connectivity index (χ4v) is 4.91. The van der Waals surface area contributed by atoms with E-state index in [0.717, 1.165) is 41.5 Å². The van der Waals surface area contributed by atoms with Gasteiger partial charge in [-0.15, -0.1) is 0 Å². The first kappa shape index (κ1) is 21.1. The van der Waals surface area contributed by atoms with Gasteiger partial charge in [-0.2, -0.15) is 15.1 Å². The van der Waals surface area contributed by atoms with Crippen LogP contribution >= 0.6 is 0 Å². The van der Waals surface area contributed by atoms with Gasteiger partial charge < -0.3 is 19.6 Å². The Kier molecular flexibility index (Phi) is 5.46. The van der Waals surface area contributed by atoms with Gasteiger partial charge in [0.15, 0.2) is 5.82 Å². The summed E-state index contributed by atoms with van der Waals surface area (Å²) < 4.78 is 22.1. The molecule has 3 atom stereocenters. The molecule has 2 saturated heterocycles. The molecule has 0 bridgehead atoms. The molecule has 2 aliphatic rings. The van der Waals surface area contributed by atoms with Crippen molar-refractivity contribution in [2.24, 2.45) is 0 Å². The second-order valence-corrected chi connectivity index (χ2v) is 8.96. The van der Waals surface area contributed by atoms with E-state index in [-0.39, 0.29) is 18.0 Å². The highest BCUT2D eigenvalue weighted by molar-refractivity contribution is 5.82. The summed E-state index contributed by atoms with van der Waals surface area (Å²) in [4.78, 5) is 13.1. The lowest BCUT2D eigenvalue weighted by Gasteiger charge is -2.33. The normalized spacial score (nSPS) is 24.4. The third-order valence-corrected chi connectivity index (χ3v) is 6.67. The van der Waals surface area contributed by atoms with Crippen LogP contribution in [0, 0.1) is 6.92 Å². The molecule has 4 heterocycles. The largest absolute Gasteiger partial charge is 0.467 e. The number of hydrogen-bond acceptors (Lipinski definition) is 7. The number of aromatic nitrogens is 4. The number of nitrogens with zero attached hydrogens (tertiary/aromatic N) is 6. The molecular weight excluding hydrogens is 411 g/mol. The molecule has 0 saturated carbocycles. The van der Waals surface area contributed by atoms with Crippen molar-refractivity contribution in [1.29, 1.82) is 0 Å². The Bertz CT molecular complexity index is 1140. The van der Waals surface area contributed by atoms with Crippen molar-refractivity contribution in [3.8, 4) is 11.8 Å². The van der Waals surface area contributed by atoms with Crippen LogP contribution in [0.5, 0.6) is 6.01 Å². The summed E-state index contributed by atoms with van der Waals surface area (Å²) >= 11 is 0. The van der Waals surface area contributed by atoms with Gasteiger partial charge in [-0.3, -0.25) is 0 Å². The van der Waals surface area contributed by atoms with Gasteiger partial charge in [-0.1, -0.05) is 0 Å². The lowest BCUT2D eigenvalue weighted by Crippen LogP contribution is -2.38. The molecule has 1 N–H and O–H groups in total. The molecule has 5 rings (SSSR count). The van der Waals surface area contributed by atoms with Crippen molar-refractivity contribution in [2.45, 2.75) is 38.0 Å². The average Bonchev–Trinajstić information content (AvgIpc) is 3.39. The number of aliphatic hydroxyl groups excluding tert-OH is 1. The van der Waals surface area contributed by atoms with Gasteiger partial charge in [0.05, 0.1) is 24.9 Å². The first-order valence-electron chi connectivity index (χ1n) is 11.1. The number of methoxy groups -OCH3 is 1. The van der Waals surface area contributed by atoms with Crippen molar-refractivity contribution in [3.05, 3.63) is 35.5 Å². The molecule has 0 amide bonds. The first-order chi connectivity index (χ1) is 15.4. The van der Waals surface area contributed by atoms with E-state index in [1.165, 1.54) is 7.11 Å². The number of piperidine rings is 1. The molecule has 1 aromatic carbocycles. The van der Waals surface area contributed by atoms with Crippen LogP contribution in [0.4, 0.5) is 10.2 Å². The zero-order valence-corrected chi connectivity index (χ0v) is 18.7. The number of aryl methyl sites for hydroxylation is 1. The fraction of sp³-hybridized carbons (Fsp3) is 0.522. The highest BCUT2D eigenvalue weighted by Gasteiger charge is 2.30. The van der Waals surface area contributed by atoms with E-state index in [1.54, 1.807) is 4.68 Å². The lowest BCUT2D eigenvalue weighted by molar-refractivity contribution is 0.139. The number of β-amino-alcohol motifs (C(OH)–C–C–N with tert-alkyl or cyclic N) is 1. The van der Waals surface area contributed by atoms with Crippen LogP contribution in [0.2, 0.25) is 0 Å². The topological polar surface area (TPSA) is 79.5 Å². The van der Waals surface area contributed by atoms with E-state index < -0.39 is 6.17 Å². The Labute approximate surface area is 186 Å². The summed E-state index contributed by atoms with van der Waals surface area (Å²) in [6, 6.07) is 6.25. The number of benzene rings is 1. The Balaban J connectivity index is 1.57. The first-order valence-corrected chi connectivity index (χ1v) is 11.1. The molecule has 2 aromatic heterocycles. The Morgan fingerprint density at radius 2 is 1.91 bits per heavy atom. The fourth-order valence-electron chi connectivity index (χ4n) is 4.91. The van der Waals surface area contributed by atoms with Crippen LogP contribution in [-0.2, 0) is 0 Å². The standard InChI is InChI=1S/C23H29FN6O2/c1-14-8-15-11-25-30(20(15)9-18(14)17-5-6-28(2)13-19(17)24)22-10-21(26-23(27-22)32-3)29-7-4-16(31)12-29/h8-11,16-17,19,31H,4-7,12-13H2,1-3H3. The zero-order chi connectivity index (χ0) is 22.4. The summed E-state index contributed by atoms with van der Waals surface area (Å²) in [5, 5.41) is 15.5. The van der Waals surface area contributed by atoms with Gasteiger partial charge in [0, 0.05) is 37.0 Å². The maximum Gasteiger partial charge on any atom is 0.320 e. The van der Waals surface area contributed by atoms with Gasteiger partial charge in [0.2, 0.25) is 0 Å². The van der Waals surface area contributed by atoms with Gasteiger partial charge >= 0.3 is 6.01 Å². The van der Waals surface area contributed by atoms with E-state index in [0.29, 0.717) is 31.1 Å². The number of halogens is 1.